The van der Waals surface area contributed by atoms with Crippen molar-refractivity contribution in [2.24, 2.45) is 0 Å². The number of aromatic amines is 1. The number of benzene rings is 1. The van der Waals surface area contributed by atoms with Crippen LogP contribution in [0.3, 0.4) is 0 Å². The molecule has 0 aliphatic heterocycles. The average molecular weight is 276 g/mol. The molecule has 4 nitrogen and oxygen atoms in total. The first-order valence-electron chi connectivity index (χ1n) is 5.58. The number of H-pyrrole nitrogens is 1. The van der Waals surface area contributed by atoms with Crippen molar-refractivity contribution >= 4 is 39.8 Å². The minimum Gasteiger partial charge on any atom is -0.399 e. The lowest BCUT2D eigenvalue weighted by Crippen LogP contribution is -1.90. The van der Waals surface area contributed by atoms with Crippen LogP contribution in [0.1, 0.15) is 5.82 Å². The average Bonchev–Trinajstić information content (AvgIpc) is 2.97. The van der Waals surface area contributed by atoms with Gasteiger partial charge < -0.3 is 10.7 Å². The molecule has 3 rings (SSSR count). The molecular formula is C12H12N4S2. The number of aryl methyl sites for hydroxylation is 1. The third-order valence-corrected chi connectivity index (χ3v) is 4.50. The Morgan fingerprint density at radius 2 is 2.33 bits per heavy atom. The van der Waals surface area contributed by atoms with Crippen LogP contribution in [-0.2, 0) is 6.42 Å². The van der Waals surface area contributed by atoms with Crippen LogP contribution in [-0.4, -0.2) is 20.7 Å². The predicted molar refractivity (Wildman–Crippen MR) is 77.0 cm³/mol. The molecule has 0 atom stereocenters. The molecule has 6 heteroatoms. The smallest absolute Gasteiger partial charge is 0.149 e. The molecule has 0 fully saturated rings. The summed E-state index contributed by atoms with van der Waals surface area (Å²) in [6.07, 6.45) is 2.73. The minimum atomic E-state index is 0.759. The minimum absolute atomic E-state index is 0.759. The second-order valence-electron chi connectivity index (χ2n) is 3.86. The number of hydrogen-bond acceptors (Lipinski definition) is 5. The number of aromatic nitrogens is 3. The maximum absolute atomic E-state index is 5.74. The molecule has 2 aromatic heterocycles. The number of nitrogen functional groups attached to an aromatic ring is 1. The number of thioether (sulfide) groups is 1. The van der Waals surface area contributed by atoms with Gasteiger partial charge in [0.25, 0.3) is 0 Å². The number of fused-ring (bicyclic) bond motifs is 1. The van der Waals surface area contributed by atoms with E-state index in [4.69, 9.17) is 5.73 Å². The van der Waals surface area contributed by atoms with Gasteiger partial charge in [0, 0.05) is 29.4 Å². The molecule has 0 bridgehead atoms. The van der Waals surface area contributed by atoms with Crippen LogP contribution in [0.2, 0.25) is 0 Å². The van der Waals surface area contributed by atoms with Gasteiger partial charge in [-0.25, -0.2) is 9.97 Å². The summed E-state index contributed by atoms with van der Waals surface area (Å²) in [4.78, 5) is 12.1. The van der Waals surface area contributed by atoms with Gasteiger partial charge in [-0.1, -0.05) is 11.8 Å². The molecule has 3 N–H and O–H groups in total. The van der Waals surface area contributed by atoms with Crippen LogP contribution in [0.5, 0.6) is 0 Å². The van der Waals surface area contributed by atoms with Crippen LogP contribution in [0.25, 0.3) is 11.0 Å². The lowest BCUT2D eigenvalue weighted by atomic mass is 10.3. The number of nitrogens with two attached hydrogens (primary N) is 1. The van der Waals surface area contributed by atoms with Gasteiger partial charge in [-0.3, -0.25) is 0 Å². The number of hydrogen-bond donors (Lipinski definition) is 2. The molecule has 0 aliphatic rings. The molecule has 0 spiro atoms. The van der Waals surface area contributed by atoms with Gasteiger partial charge in [-0.15, -0.1) is 11.3 Å². The number of nitrogens with one attached hydrogen (secondary N) is 1. The van der Waals surface area contributed by atoms with Crippen LogP contribution >= 0.6 is 23.1 Å². The van der Waals surface area contributed by atoms with E-state index in [-0.39, 0.29) is 0 Å². The molecule has 2 heterocycles. The molecule has 0 amide bonds. The highest BCUT2D eigenvalue weighted by Gasteiger charge is 2.04. The molecule has 0 unspecified atom stereocenters. The summed E-state index contributed by atoms with van der Waals surface area (Å²) in [6.45, 7) is 0. The van der Waals surface area contributed by atoms with E-state index in [1.807, 2.05) is 29.8 Å². The van der Waals surface area contributed by atoms with Crippen molar-refractivity contribution in [1.29, 1.82) is 0 Å². The van der Waals surface area contributed by atoms with Crippen LogP contribution in [0.4, 0.5) is 5.69 Å². The van der Waals surface area contributed by atoms with Gasteiger partial charge in [0.1, 0.15) is 10.2 Å². The van der Waals surface area contributed by atoms with Crippen molar-refractivity contribution in [2.45, 2.75) is 10.8 Å². The highest BCUT2D eigenvalue weighted by atomic mass is 32.2. The standard InChI is InChI=1S/C12H12N4S2/c13-8-1-2-9-10(7-8)16-11(15-9)3-5-17-12-14-4-6-18-12/h1-2,4,6-7H,3,5,13H2,(H,15,16). The van der Waals surface area contributed by atoms with E-state index in [0.717, 1.165) is 39.1 Å². The van der Waals surface area contributed by atoms with E-state index in [9.17, 15) is 0 Å². The predicted octanol–water partition coefficient (Wildman–Crippen LogP) is 2.94. The summed E-state index contributed by atoms with van der Waals surface area (Å²) in [5.74, 6) is 1.97. The fourth-order valence-corrected chi connectivity index (χ4v) is 3.37. The fraction of sp³-hybridized carbons (Fsp3) is 0.167. The van der Waals surface area contributed by atoms with Gasteiger partial charge in [-0.05, 0) is 18.2 Å². The maximum Gasteiger partial charge on any atom is 0.149 e. The third-order valence-electron chi connectivity index (χ3n) is 2.53. The monoisotopic (exact) mass is 276 g/mol. The number of anilines is 1. The molecule has 92 valence electrons. The second-order valence-corrected chi connectivity index (χ2v) is 6.09. The lowest BCUT2D eigenvalue weighted by molar-refractivity contribution is 1.01. The van der Waals surface area contributed by atoms with Crippen molar-refractivity contribution in [2.75, 3.05) is 11.5 Å². The van der Waals surface area contributed by atoms with Crippen molar-refractivity contribution < 1.29 is 0 Å². The summed E-state index contributed by atoms with van der Waals surface area (Å²) in [5, 5.41) is 1.99. The van der Waals surface area contributed by atoms with E-state index in [0.29, 0.717) is 0 Å². The first-order valence-corrected chi connectivity index (χ1v) is 7.44. The highest BCUT2D eigenvalue weighted by Crippen LogP contribution is 2.21. The van der Waals surface area contributed by atoms with Gasteiger partial charge in [0.2, 0.25) is 0 Å². The van der Waals surface area contributed by atoms with E-state index in [1.165, 1.54) is 0 Å². The SMILES string of the molecule is Nc1ccc2nc(CCSc3nccs3)[nH]c2c1. The van der Waals surface area contributed by atoms with Gasteiger partial charge in [-0.2, -0.15) is 0 Å². The van der Waals surface area contributed by atoms with Crippen molar-refractivity contribution in [3.63, 3.8) is 0 Å². The highest BCUT2D eigenvalue weighted by molar-refractivity contribution is 8.00. The van der Waals surface area contributed by atoms with Crippen molar-refractivity contribution in [3.05, 3.63) is 35.6 Å². The molecule has 3 aromatic rings. The Hall–Kier alpha value is -1.53. The Morgan fingerprint density at radius 3 is 3.17 bits per heavy atom. The topological polar surface area (TPSA) is 67.6 Å². The fourth-order valence-electron chi connectivity index (χ4n) is 1.72. The molecule has 0 aliphatic carbocycles. The Balaban J connectivity index is 1.67. The van der Waals surface area contributed by atoms with E-state index in [2.05, 4.69) is 15.0 Å². The summed E-state index contributed by atoms with van der Waals surface area (Å²) < 4.78 is 1.11. The largest absolute Gasteiger partial charge is 0.399 e. The first kappa shape index (κ1) is 11.6. The zero-order valence-corrected chi connectivity index (χ0v) is 11.2. The molecule has 1 aromatic carbocycles. The summed E-state index contributed by atoms with van der Waals surface area (Å²) in [7, 11) is 0. The zero-order chi connectivity index (χ0) is 12.4. The molecule has 0 saturated carbocycles. The van der Waals surface area contributed by atoms with Crippen LogP contribution < -0.4 is 5.73 Å². The Labute approximate surface area is 113 Å². The Morgan fingerprint density at radius 1 is 1.39 bits per heavy atom. The van der Waals surface area contributed by atoms with Crippen LogP contribution in [0, 0.1) is 0 Å². The van der Waals surface area contributed by atoms with Crippen LogP contribution in [0.15, 0.2) is 34.1 Å². The van der Waals surface area contributed by atoms with Gasteiger partial charge in [0.15, 0.2) is 0 Å². The molecule has 18 heavy (non-hydrogen) atoms. The quantitative estimate of drug-likeness (QED) is 0.568. The van der Waals surface area contributed by atoms with Crippen molar-refractivity contribution in [3.8, 4) is 0 Å². The molecular weight excluding hydrogens is 264 g/mol. The van der Waals surface area contributed by atoms with Crippen molar-refractivity contribution in [1.82, 2.24) is 15.0 Å². The number of imidazole rings is 1. The van der Waals surface area contributed by atoms with Gasteiger partial charge >= 0.3 is 0 Å². The van der Waals surface area contributed by atoms with E-state index < -0.39 is 0 Å². The first-order chi connectivity index (χ1) is 8.81. The zero-order valence-electron chi connectivity index (χ0n) is 9.59. The summed E-state index contributed by atoms with van der Waals surface area (Å²) >= 11 is 3.43. The van der Waals surface area contributed by atoms with E-state index >= 15 is 0 Å². The van der Waals surface area contributed by atoms with E-state index in [1.54, 1.807) is 23.1 Å². The summed E-state index contributed by atoms with van der Waals surface area (Å²) in [6, 6.07) is 5.73. The maximum atomic E-state index is 5.74. The number of rotatable bonds is 4. The lowest BCUT2D eigenvalue weighted by Gasteiger charge is -1.94. The second kappa shape index (κ2) is 4.99. The third kappa shape index (κ3) is 2.49. The number of nitrogens with zero attached hydrogens (tertiary/aromatic N) is 2. The Bertz CT molecular complexity index is 645. The molecule has 0 saturated heterocycles. The normalized spacial score (nSPS) is 11.1. The Kier molecular flexibility index (Phi) is 3.21. The molecule has 0 radical (unpaired) electrons. The van der Waals surface area contributed by atoms with Gasteiger partial charge in [0.05, 0.1) is 11.0 Å². The number of thiazole rings is 1. The summed E-state index contributed by atoms with van der Waals surface area (Å²) in [5.41, 5.74) is 8.47.